The van der Waals surface area contributed by atoms with Crippen molar-refractivity contribution in [3.63, 3.8) is 0 Å². The van der Waals surface area contributed by atoms with Gasteiger partial charge in [-0.05, 0) is 25.3 Å². The minimum absolute atomic E-state index is 0.275. The molecule has 0 radical (unpaired) electrons. The summed E-state index contributed by atoms with van der Waals surface area (Å²) in [7, 11) is 0. The van der Waals surface area contributed by atoms with Crippen LogP contribution >= 0.6 is 11.3 Å². The van der Waals surface area contributed by atoms with Gasteiger partial charge in [-0.1, -0.05) is 35.6 Å². The zero-order valence-electron chi connectivity index (χ0n) is 10.1. The number of nitrogen functional groups attached to an aromatic ring is 1. The molecule has 1 aliphatic carbocycles. The van der Waals surface area contributed by atoms with Gasteiger partial charge in [-0.3, -0.25) is 4.79 Å². The Morgan fingerprint density at radius 3 is 2.50 bits per heavy atom. The van der Waals surface area contributed by atoms with Crippen LogP contribution in [0.25, 0.3) is 10.4 Å². The van der Waals surface area contributed by atoms with E-state index in [0.717, 1.165) is 34.5 Å². The summed E-state index contributed by atoms with van der Waals surface area (Å²) in [5.74, 6) is 0.554. The van der Waals surface area contributed by atoms with E-state index in [1.54, 1.807) is 0 Å². The van der Waals surface area contributed by atoms with E-state index in [-0.39, 0.29) is 11.7 Å². The quantitative estimate of drug-likeness (QED) is 0.859. The molecule has 4 heteroatoms. The van der Waals surface area contributed by atoms with Crippen molar-refractivity contribution in [2.75, 3.05) is 5.73 Å². The summed E-state index contributed by atoms with van der Waals surface area (Å²) < 4.78 is 0. The van der Waals surface area contributed by atoms with E-state index >= 15 is 0 Å². The summed E-state index contributed by atoms with van der Waals surface area (Å²) in [5, 5.41) is 0.584. The average molecular weight is 258 g/mol. The summed E-state index contributed by atoms with van der Waals surface area (Å²) in [6.45, 7) is 1.95. The predicted molar refractivity (Wildman–Crippen MR) is 73.8 cm³/mol. The van der Waals surface area contributed by atoms with Crippen molar-refractivity contribution in [3.05, 3.63) is 35.5 Å². The van der Waals surface area contributed by atoms with Gasteiger partial charge in [0.15, 0.2) is 10.9 Å². The lowest BCUT2D eigenvalue weighted by Gasteiger charge is -2.02. The topological polar surface area (TPSA) is 56.0 Å². The SMILES string of the molecule is Cc1nc(N)sc1-c1ccc(C(=O)C2CC2)cc1. The molecule has 0 bridgehead atoms. The maximum atomic E-state index is 11.9. The Kier molecular flexibility index (Phi) is 2.67. The average Bonchev–Trinajstić information content (AvgIpc) is 3.15. The number of thiazole rings is 1. The normalized spacial score (nSPS) is 14.7. The van der Waals surface area contributed by atoms with E-state index in [9.17, 15) is 4.79 Å². The number of carbonyl (C=O) groups excluding carboxylic acids is 1. The highest BCUT2D eigenvalue weighted by Gasteiger charge is 2.30. The first kappa shape index (κ1) is 11.4. The van der Waals surface area contributed by atoms with E-state index < -0.39 is 0 Å². The van der Waals surface area contributed by atoms with Gasteiger partial charge < -0.3 is 5.73 Å². The molecule has 2 aromatic rings. The molecule has 3 nitrogen and oxygen atoms in total. The number of aryl methyl sites for hydroxylation is 1. The van der Waals surface area contributed by atoms with Crippen LogP contribution in [0.2, 0.25) is 0 Å². The van der Waals surface area contributed by atoms with Crippen molar-refractivity contribution in [1.29, 1.82) is 0 Å². The molecule has 1 aliphatic rings. The second kappa shape index (κ2) is 4.21. The lowest BCUT2D eigenvalue weighted by atomic mass is 10.0. The number of anilines is 1. The Morgan fingerprint density at radius 2 is 2.00 bits per heavy atom. The number of ketones is 1. The number of benzene rings is 1. The van der Waals surface area contributed by atoms with Gasteiger partial charge in [0.1, 0.15) is 0 Å². The van der Waals surface area contributed by atoms with E-state index in [1.807, 2.05) is 31.2 Å². The molecule has 1 heterocycles. The molecule has 0 aliphatic heterocycles. The van der Waals surface area contributed by atoms with Crippen molar-refractivity contribution in [2.24, 2.45) is 5.92 Å². The van der Waals surface area contributed by atoms with Crippen LogP contribution in [0.15, 0.2) is 24.3 Å². The van der Waals surface area contributed by atoms with Crippen molar-refractivity contribution in [3.8, 4) is 10.4 Å². The maximum Gasteiger partial charge on any atom is 0.180 e. The first-order chi connectivity index (χ1) is 8.65. The zero-order valence-corrected chi connectivity index (χ0v) is 11.0. The van der Waals surface area contributed by atoms with Crippen LogP contribution in [0.5, 0.6) is 0 Å². The number of hydrogen-bond acceptors (Lipinski definition) is 4. The minimum Gasteiger partial charge on any atom is -0.375 e. The van der Waals surface area contributed by atoms with Crippen LogP contribution in [0.4, 0.5) is 5.13 Å². The highest BCUT2D eigenvalue weighted by Crippen LogP contribution is 2.34. The molecule has 18 heavy (non-hydrogen) atoms. The van der Waals surface area contributed by atoms with E-state index in [1.165, 1.54) is 11.3 Å². The monoisotopic (exact) mass is 258 g/mol. The smallest absolute Gasteiger partial charge is 0.180 e. The number of nitrogens with two attached hydrogens (primary N) is 1. The largest absolute Gasteiger partial charge is 0.375 e. The molecule has 92 valence electrons. The molecule has 0 amide bonds. The van der Waals surface area contributed by atoms with Gasteiger partial charge in [0.05, 0.1) is 10.6 Å². The van der Waals surface area contributed by atoms with Crippen molar-refractivity contribution in [2.45, 2.75) is 19.8 Å². The fraction of sp³-hybridized carbons (Fsp3) is 0.286. The first-order valence-electron chi connectivity index (χ1n) is 6.02. The molecule has 0 atom stereocenters. The molecule has 2 N–H and O–H groups in total. The highest BCUT2D eigenvalue weighted by atomic mass is 32.1. The molecule has 1 aromatic carbocycles. The third-order valence-electron chi connectivity index (χ3n) is 3.19. The molecule has 0 saturated heterocycles. The third kappa shape index (κ3) is 2.04. The fourth-order valence-corrected chi connectivity index (χ4v) is 2.89. The summed E-state index contributed by atoms with van der Waals surface area (Å²) in [6.07, 6.45) is 2.09. The molecule has 1 aromatic heterocycles. The van der Waals surface area contributed by atoms with Gasteiger partial charge in [-0.25, -0.2) is 4.98 Å². The van der Waals surface area contributed by atoms with Gasteiger partial charge in [0.25, 0.3) is 0 Å². The Hall–Kier alpha value is -1.68. The number of aromatic nitrogens is 1. The Labute approximate surface area is 110 Å². The van der Waals surface area contributed by atoms with Crippen LogP contribution in [0, 0.1) is 12.8 Å². The van der Waals surface area contributed by atoms with Gasteiger partial charge in [0.2, 0.25) is 0 Å². The molecular formula is C14H14N2OS. The lowest BCUT2D eigenvalue weighted by molar-refractivity contribution is 0.0967. The summed E-state index contributed by atoms with van der Waals surface area (Å²) in [4.78, 5) is 17.2. The second-order valence-corrected chi connectivity index (χ2v) is 5.71. The van der Waals surface area contributed by atoms with Gasteiger partial charge >= 0.3 is 0 Å². The lowest BCUT2D eigenvalue weighted by Crippen LogP contribution is -2.00. The Bertz CT molecular complexity index is 597. The van der Waals surface area contributed by atoms with Crippen LogP contribution in [0.1, 0.15) is 28.9 Å². The first-order valence-corrected chi connectivity index (χ1v) is 6.84. The fourth-order valence-electron chi connectivity index (χ4n) is 2.05. The Balaban J connectivity index is 1.90. The van der Waals surface area contributed by atoms with Gasteiger partial charge in [-0.2, -0.15) is 0 Å². The van der Waals surface area contributed by atoms with Crippen LogP contribution in [0.3, 0.4) is 0 Å². The van der Waals surface area contributed by atoms with E-state index in [4.69, 9.17) is 5.73 Å². The van der Waals surface area contributed by atoms with Gasteiger partial charge in [-0.15, -0.1) is 0 Å². The Morgan fingerprint density at radius 1 is 1.33 bits per heavy atom. The van der Waals surface area contributed by atoms with Crippen molar-refractivity contribution >= 4 is 22.3 Å². The number of hydrogen-bond donors (Lipinski definition) is 1. The molecule has 0 unspecified atom stereocenters. The second-order valence-electron chi connectivity index (χ2n) is 4.68. The third-order valence-corrected chi connectivity index (χ3v) is 4.23. The zero-order chi connectivity index (χ0) is 12.7. The number of nitrogens with zero attached hydrogens (tertiary/aromatic N) is 1. The molecule has 3 rings (SSSR count). The van der Waals surface area contributed by atoms with Crippen molar-refractivity contribution in [1.82, 2.24) is 4.98 Å². The molecule has 0 spiro atoms. The van der Waals surface area contributed by atoms with Crippen LogP contribution in [-0.4, -0.2) is 10.8 Å². The summed E-state index contributed by atoms with van der Waals surface area (Å²) in [6, 6.07) is 7.78. The maximum absolute atomic E-state index is 11.9. The number of carbonyl (C=O) groups is 1. The molecular weight excluding hydrogens is 244 g/mol. The van der Waals surface area contributed by atoms with Gasteiger partial charge in [0, 0.05) is 11.5 Å². The molecule has 1 fully saturated rings. The molecule has 1 saturated carbocycles. The van der Waals surface area contributed by atoms with E-state index in [2.05, 4.69) is 4.98 Å². The highest BCUT2D eigenvalue weighted by molar-refractivity contribution is 7.18. The summed E-state index contributed by atoms with van der Waals surface area (Å²) in [5.41, 5.74) is 8.53. The minimum atomic E-state index is 0.275. The van der Waals surface area contributed by atoms with Crippen molar-refractivity contribution < 1.29 is 4.79 Å². The van der Waals surface area contributed by atoms with E-state index in [0.29, 0.717) is 5.13 Å². The summed E-state index contributed by atoms with van der Waals surface area (Å²) >= 11 is 1.48. The number of rotatable bonds is 3. The van der Waals surface area contributed by atoms with Crippen LogP contribution in [-0.2, 0) is 0 Å². The predicted octanol–water partition coefficient (Wildman–Crippen LogP) is 3.29. The number of Topliss-reactive ketones (excluding diaryl/α,β-unsaturated/α-hetero) is 1. The standard InChI is InChI=1S/C14H14N2OS/c1-8-13(18-14(15)16-8)11-6-4-10(5-7-11)12(17)9-2-3-9/h4-7,9H,2-3H2,1H3,(H2,15,16). The van der Waals surface area contributed by atoms with Crippen LogP contribution < -0.4 is 5.73 Å².